The minimum absolute atomic E-state index is 0.542. The Morgan fingerprint density at radius 2 is 2.22 bits per heavy atom. The number of rotatable bonds is 5. The van der Waals surface area contributed by atoms with Crippen LogP contribution in [0.5, 0.6) is 0 Å². The van der Waals surface area contributed by atoms with Gasteiger partial charge in [-0.3, -0.25) is 0 Å². The van der Waals surface area contributed by atoms with E-state index >= 15 is 0 Å². The van der Waals surface area contributed by atoms with E-state index in [1.54, 1.807) is 6.20 Å². The molecule has 4 nitrogen and oxygen atoms in total. The number of nitrogen functional groups attached to an aromatic ring is 1. The third-order valence-corrected chi connectivity index (χ3v) is 4.01. The molecule has 2 aromatic heterocycles. The number of hydrogen-bond acceptors (Lipinski definition) is 4. The number of pyridine rings is 1. The largest absolute Gasteiger partial charge is 0.384 e. The molecule has 1 atom stereocenters. The van der Waals surface area contributed by atoms with E-state index in [2.05, 4.69) is 27.7 Å². The molecule has 0 bridgehead atoms. The number of anilines is 1. The fourth-order valence-electron chi connectivity index (χ4n) is 1.73. The molecule has 2 rings (SSSR count). The molecule has 0 amide bonds. The van der Waals surface area contributed by atoms with Gasteiger partial charge in [0.25, 0.3) is 0 Å². The summed E-state index contributed by atoms with van der Waals surface area (Å²) in [7, 11) is 0. The molecule has 0 aliphatic heterocycles. The van der Waals surface area contributed by atoms with Crippen LogP contribution in [0.15, 0.2) is 30.9 Å². The lowest BCUT2D eigenvalue weighted by molar-refractivity contribution is 0.645. The lowest BCUT2D eigenvalue weighted by Gasteiger charge is -2.11. The van der Waals surface area contributed by atoms with E-state index in [-0.39, 0.29) is 0 Å². The van der Waals surface area contributed by atoms with Gasteiger partial charge in [0.1, 0.15) is 5.82 Å². The summed E-state index contributed by atoms with van der Waals surface area (Å²) in [4.78, 5) is 8.34. The molecule has 1 unspecified atom stereocenters. The first kappa shape index (κ1) is 13.0. The molecule has 0 spiro atoms. The average Bonchev–Trinajstić information content (AvgIpc) is 2.85. The average molecular weight is 262 g/mol. The summed E-state index contributed by atoms with van der Waals surface area (Å²) in [5.41, 5.74) is 7.75. The second-order valence-electron chi connectivity index (χ2n) is 4.28. The van der Waals surface area contributed by atoms with E-state index in [0.29, 0.717) is 11.1 Å². The van der Waals surface area contributed by atoms with Crippen molar-refractivity contribution in [2.24, 2.45) is 0 Å². The van der Waals surface area contributed by atoms with E-state index in [1.165, 1.54) is 0 Å². The Kier molecular flexibility index (Phi) is 4.25. The van der Waals surface area contributed by atoms with Gasteiger partial charge in [0, 0.05) is 23.6 Å². The molecular formula is C13H18N4S. The Hall–Kier alpha value is -1.49. The fraction of sp³-hybridized carbons (Fsp3) is 0.385. The Bertz CT molecular complexity index is 492. The Balaban J connectivity index is 2.14. The predicted octanol–water partition coefficient (Wildman–Crippen LogP) is 2.67. The highest BCUT2D eigenvalue weighted by atomic mass is 32.2. The summed E-state index contributed by atoms with van der Waals surface area (Å²) >= 11 is 1.89. The highest BCUT2D eigenvalue weighted by Gasteiger charge is 2.07. The summed E-state index contributed by atoms with van der Waals surface area (Å²) in [6.45, 7) is 3.22. The van der Waals surface area contributed by atoms with Crippen LogP contribution in [0, 0.1) is 0 Å². The standard InChI is InChI=1S/C13H18N4S/c1-10(18-2)5-6-17-9-15-8-12(17)11-3-4-13(14)16-7-11/h3-4,7-10H,5-6H2,1-2H3,(H2,14,16). The van der Waals surface area contributed by atoms with E-state index in [1.807, 2.05) is 36.4 Å². The number of hydrogen-bond donors (Lipinski definition) is 1. The number of aryl methyl sites for hydroxylation is 1. The Morgan fingerprint density at radius 1 is 1.39 bits per heavy atom. The molecule has 0 fully saturated rings. The van der Waals surface area contributed by atoms with Gasteiger partial charge < -0.3 is 10.3 Å². The summed E-state index contributed by atoms with van der Waals surface area (Å²) in [5.74, 6) is 0.542. The van der Waals surface area contributed by atoms with Gasteiger partial charge in [-0.2, -0.15) is 11.8 Å². The number of imidazole rings is 1. The number of nitrogens with two attached hydrogens (primary N) is 1. The monoisotopic (exact) mass is 262 g/mol. The summed E-state index contributed by atoms with van der Waals surface area (Å²) in [6, 6.07) is 3.80. The van der Waals surface area contributed by atoms with E-state index in [9.17, 15) is 0 Å². The smallest absolute Gasteiger partial charge is 0.123 e. The molecule has 0 aliphatic rings. The highest BCUT2D eigenvalue weighted by Crippen LogP contribution is 2.20. The van der Waals surface area contributed by atoms with Gasteiger partial charge in [0.15, 0.2) is 0 Å². The van der Waals surface area contributed by atoms with Crippen molar-refractivity contribution in [2.75, 3.05) is 12.0 Å². The molecule has 0 aliphatic carbocycles. The zero-order chi connectivity index (χ0) is 13.0. The zero-order valence-electron chi connectivity index (χ0n) is 10.7. The predicted molar refractivity (Wildman–Crippen MR) is 77.5 cm³/mol. The van der Waals surface area contributed by atoms with Crippen molar-refractivity contribution >= 4 is 17.6 Å². The number of aromatic nitrogens is 3. The molecular weight excluding hydrogens is 244 g/mol. The normalized spacial score (nSPS) is 12.6. The molecule has 0 saturated heterocycles. The lowest BCUT2D eigenvalue weighted by Crippen LogP contribution is -2.05. The Labute approximate surface area is 112 Å². The minimum atomic E-state index is 0.542. The molecule has 2 heterocycles. The number of thioether (sulfide) groups is 1. The van der Waals surface area contributed by atoms with Crippen LogP contribution in [-0.2, 0) is 6.54 Å². The molecule has 5 heteroatoms. The lowest BCUT2D eigenvalue weighted by atomic mass is 10.2. The van der Waals surface area contributed by atoms with Gasteiger partial charge in [-0.05, 0) is 24.8 Å². The molecule has 2 aromatic rings. The minimum Gasteiger partial charge on any atom is -0.384 e. The maximum atomic E-state index is 5.60. The molecule has 96 valence electrons. The van der Waals surface area contributed by atoms with Crippen molar-refractivity contribution in [3.8, 4) is 11.3 Å². The number of nitrogens with zero attached hydrogens (tertiary/aromatic N) is 3. The van der Waals surface area contributed by atoms with Crippen LogP contribution >= 0.6 is 11.8 Å². The van der Waals surface area contributed by atoms with Crippen molar-refractivity contribution in [1.82, 2.24) is 14.5 Å². The first-order valence-corrected chi connectivity index (χ1v) is 7.24. The highest BCUT2D eigenvalue weighted by molar-refractivity contribution is 7.99. The van der Waals surface area contributed by atoms with Gasteiger partial charge in [-0.1, -0.05) is 6.92 Å². The molecule has 0 saturated carbocycles. The third-order valence-electron chi connectivity index (χ3n) is 2.97. The van der Waals surface area contributed by atoms with Crippen LogP contribution in [-0.4, -0.2) is 26.0 Å². The van der Waals surface area contributed by atoms with Gasteiger partial charge in [0.05, 0.1) is 18.2 Å². The van der Waals surface area contributed by atoms with E-state index in [4.69, 9.17) is 5.73 Å². The van der Waals surface area contributed by atoms with Crippen molar-refractivity contribution < 1.29 is 0 Å². The molecule has 2 N–H and O–H groups in total. The second kappa shape index (κ2) is 5.91. The Morgan fingerprint density at radius 3 is 2.89 bits per heavy atom. The van der Waals surface area contributed by atoms with Crippen LogP contribution in [0.2, 0.25) is 0 Å². The molecule has 0 radical (unpaired) electrons. The van der Waals surface area contributed by atoms with Gasteiger partial charge in [-0.15, -0.1) is 0 Å². The van der Waals surface area contributed by atoms with Gasteiger partial charge in [0.2, 0.25) is 0 Å². The summed E-state index contributed by atoms with van der Waals surface area (Å²) in [6.07, 6.45) is 8.81. The second-order valence-corrected chi connectivity index (χ2v) is 5.56. The first-order chi connectivity index (χ1) is 8.70. The third kappa shape index (κ3) is 3.04. The quantitative estimate of drug-likeness (QED) is 0.900. The zero-order valence-corrected chi connectivity index (χ0v) is 11.5. The van der Waals surface area contributed by atoms with Crippen molar-refractivity contribution in [3.63, 3.8) is 0 Å². The fourth-order valence-corrected chi connectivity index (χ4v) is 2.08. The van der Waals surface area contributed by atoms with Crippen LogP contribution in [0.1, 0.15) is 13.3 Å². The maximum absolute atomic E-state index is 5.60. The molecule has 0 aromatic carbocycles. The maximum Gasteiger partial charge on any atom is 0.123 e. The van der Waals surface area contributed by atoms with Crippen molar-refractivity contribution in [1.29, 1.82) is 0 Å². The van der Waals surface area contributed by atoms with Crippen molar-refractivity contribution in [2.45, 2.75) is 25.1 Å². The summed E-state index contributed by atoms with van der Waals surface area (Å²) in [5, 5.41) is 0.657. The van der Waals surface area contributed by atoms with Crippen LogP contribution in [0.25, 0.3) is 11.3 Å². The van der Waals surface area contributed by atoms with E-state index in [0.717, 1.165) is 24.2 Å². The van der Waals surface area contributed by atoms with Crippen molar-refractivity contribution in [3.05, 3.63) is 30.9 Å². The van der Waals surface area contributed by atoms with Crippen LogP contribution < -0.4 is 5.73 Å². The molecule has 18 heavy (non-hydrogen) atoms. The van der Waals surface area contributed by atoms with Gasteiger partial charge >= 0.3 is 0 Å². The SMILES string of the molecule is CSC(C)CCn1cncc1-c1ccc(N)nc1. The van der Waals surface area contributed by atoms with E-state index < -0.39 is 0 Å². The summed E-state index contributed by atoms with van der Waals surface area (Å²) < 4.78 is 2.17. The van der Waals surface area contributed by atoms with Crippen LogP contribution in [0.4, 0.5) is 5.82 Å². The van der Waals surface area contributed by atoms with Crippen LogP contribution in [0.3, 0.4) is 0 Å². The topological polar surface area (TPSA) is 56.7 Å². The van der Waals surface area contributed by atoms with Gasteiger partial charge in [-0.25, -0.2) is 9.97 Å². The first-order valence-electron chi connectivity index (χ1n) is 5.95.